The van der Waals surface area contributed by atoms with Crippen LogP contribution in [0.4, 0.5) is 5.69 Å². The molecule has 0 bridgehead atoms. The minimum absolute atomic E-state index is 0.0569. The van der Waals surface area contributed by atoms with E-state index in [0.29, 0.717) is 16.5 Å². The maximum atomic E-state index is 13.2. The molecule has 2 atom stereocenters. The summed E-state index contributed by atoms with van der Waals surface area (Å²) < 4.78 is 15.4. The zero-order valence-corrected chi connectivity index (χ0v) is 17.8. The molecule has 0 fully saturated rings. The summed E-state index contributed by atoms with van der Waals surface area (Å²) >= 11 is 5.89. The normalized spacial score (nSPS) is 12.4. The van der Waals surface area contributed by atoms with Gasteiger partial charge >= 0.3 is 11.9 Å². The second kappa shape index (κ2) is 11.2. The van der Waals surface area contributed by atoms with E-state index in [1.54, 1.807) is 38.1 Å². The molecule has 0 spiro atoms. The van der Waals surface area contributed by atoms with Crippen LogP contribution in [0.5, 0.6) is 5.75 Å². The third kappa shape index (κ3) is 5.97. The van der Waals surface area contributed by atoms with E-state index >= 15 is 0 Å². The molecular formula is C22H24ClNO6. The fraction of sp³-hybridized carbons (Fsp3) is 0.318. The number of hydrogen-bond acceptors (Lipinski definition) is 7. The molecule has 2 rings (SSSR count). The number of anilines is 1. The molecule has 30 heavy (non-hydrogen) atoms. The number of halogens is 1. The highest BCUT2D eigenvalue weighted by atomic mass is 35.5. The van der Waals surface area contributed by atoms with E-state index in [9.17, 15) is 14.4 Å². The molecule has 0 saturated heterocycles. The minimum atomic E-state index is -1.45. The number of ether oxygens (including phenoxy) is 3. The van der Waals surface area contributed by atoms with Crippen LogP contribution < -0.4 is 10.1 Å². The van der Waals surface area contributed by atoms with Crippen LogP contribution >= 0.6 is 11.6 Å². The number of ketones is 1. The average Bonchev–Trinajstić information content (AvgIpc) is 2.74. The minimum Gasteiger partial charge on any atom is -0.497 e. The lowest BCUT2D eigenvalue weighted by atomic mass is 9.90. The van der Waals surface area contributed by atoms with Crippen LogP contribution in [-0.2, 0) is 19.1 Å². The third-order valence-corrected chi connectivity index (χ3v) is 4.49. The smallest absolute Gasteiger partial charge is 0.329 e. The lowest BCUT2D eigenvalue weighted by molar-refractivity contribution is -0.153. The number of carbonyl (C=O) groups excluding carboxylic acids is 3. The Labute approximate surface area is 180 Å². The van der Waals surface area contributed by atoms with Gasteiger partial charge in [-0.2, -0.15) is 0 Å². The molecule has 0 aliphatic carbocycles. The van der Waals surface area contributed by atoms with E-state index in [1.165, 1.54) is 31.4 Å². The lowest BCUT2D eigenvalue weighted by Gasteiger charge is -2.25. The standard InChI is InChI=1S/C22H24ClNO6/c1-4-29-21(26)18(20(25)14-6-8-15(23)9-7-14)19(22(27)30-5-2)24-16-10-12-17(28-3)13-11-16/h6-13,18-19,24H,4-5H2,1-3H3. The fourth-order valence-electron chi connectivity index (χ4n) is 2.80. The van der Waals surface area contributed by atoms with Gasteiger partial charge in [0.25, 0.3) is 0 Å². The van der Waals surface area contributed by atoms with Crippen LogP contribution in [0.25, 0.3) is 0 Å². The molecule has 2 aromatic carbocycles. The summed E-state index contributed by atoms with van der Waals surface area (Å²) in [5.41, 5.74) is 0.732. The SMILES string of the molecule is CCOC(=O)C(Nc1ccc(OC)cc1)C(C(=O)OCC)C(=O)c1ccc(Cl)cc1. The summed E-state index contributed by atoms with van der Waals surface area (Å²) in [7, 11) is 1.53. The van der Waals surface area contributed by atoms with E-state index in [-0.39, 0.29) is 18.8 Å². The summed E-state index contributed by atoms with van der Waals surface area (Å²) in [6, 6.07) is 11.5. The lowest BCUT2D eigenvalue weighted by Crippen LogP contribution is -2.46. The van der Waals surface area contributed by atoms with Crippen molar-refractivity contribution >= 4 is 35.0 Å². The molecule has 8 heteroatoms. The Morgan fingerprint density at radius 1 is 0.900 bits per heavy atom. The topological polar surface area (TPSA) is 90.9 Å². The van der Waals surface area contributed by atoms with E-state index in [4.69, 9.17) is 25.8 Å². The molecule has 0 radical (unpaired) electrons. The van der Waals surface area contributed by atoms with Crippen LogP contribution in [0.15, 0.2) is 48.5 Å². The Kier molecular flexibility index (Phi) is 8.68. The maximum Gasteiger partial charge on any atom is 0.329 e. The first-order valence-electron chi connectivity index (χ1n) is 9.44. The van der Waals surface area contributed by atoms with Gasteiger partial charge in [-0.05, 0) is 62.4 Å². The van der Waals surface area contributed by atoms with Crippen molar-refractivity contribution in [2.75, 3.05) is 25.6 Å². The first-order chi connectivity index (χ1) is 14.4. The van der Waals surface area contributed by atoms with Crippen molar-refractivity contribution in [3.8, 4) is 5.75 Å². The van der Waals surface area contributed by atoms with E-state index in [0.717, 1.165) is 0 Å². The number of Topliss-reactive ketones (excluding diaryl/α,β-unsaturated/α-hetero) is 1. The van der Waals surface area contributed by atoms with Gasteiger partial charge in [0.05, 0.1) is 20.3 Å². The summed E-state index contributed by atoms with van der Waals surface area (Å²) in [5, 5.41) is 3.38. The monoisotopic (exact) mass is 433 g/mol. The number of hydrogen-bond donors (Lipinski definition) is 1. The van der Waals surface area contributed by atoms with Crippen LogP contribution in [0.1, 0.15) is 24.2 Å². The highest BCUT2D eigenvalue weighted by molar-refractivity contribution is 6.30. The van der Waals surface area contributed by atoms with Gasteiger partial charge in [0.2, 0.25) is 0 Å². The molecule has 0 aliphatic rings. The third-order valence-electron chi connectivity index (χ3n) is 4.24. The van der Waals surface area contributed by atoms with Gasteiger partial charge in [-0.3, -0.25) is 9.59 Å². The van der Waals surface area contributed by atoms with Crippen molar-refractivity contribution in [3.63, 3.8) is 0 Å². The fourth-order valence-corrected chi connectivity index (χ4v) is 2.92. The Morgan fingerprint density at radius 2 is 1.47 bits per heavy atom. The van der Waals surface area contributed by atoms with Crippen LogP contribution in [0.2, 0.25) is 5.02 Å². The Morgan fingerprint density at radius 3 is 2.00 bits per heavy atom. The van der Waals surface area contributed by atoms with Crippen LogP contribution in [0, 0.1) is 5.92 Å². The van der Waals surface area contributed by atoms with Gasteiger partial charge in [0, 0.05) is 16.3 Å². The predicted octanol–water partition coefficient (Wildman–Crippen LogP) is 3.75. The predicted molar refractivity (Wildman–Crippen MR) is 113 cm³/mol. The molecular weight excluding hydrogens is 410 g/mol. The quantitative estimate of drug-likeness (QED) is 0.346. The summed E-state index contributed by atoms with van der Waals surface area (Å²) in [6.45, 7) is 3.41. The number of carbonyl (C=O) groups is 3. The van der Waals surface area contributed by atoms with Gasteiger partial charge in [0.15, 0.2) is 11.7 Å². The van der Waals surface area contributed by atoms with Crippen LogP contribution in [-0.4, -0.2) is 44.1 Å². The molecule has 7 nitrogen and oxygen atoms in total. The molecule has 2 unspecified atom stereocenters. The van der Waals surface area contributed by atoms with E-state index < -0.39 is 29.7 Å². The van der Waals surface area contributed by atoms with Crippen molar-refractivity contribution in [2.24, 2.45) is 5.92 Å². The molecule has 1 N–H and O–H groups in total. The van der Waals surface area contributed by atoms with Gasteiger partial charge in [-0.1, -0.05) is 11.6 Å². The summed E-state index contributed by atoms with van der Waals surface area (Å²) in [5.74, 6) is -2.98. The number of rotatable bonds is 10. The Hall–Kier alpha value is -3.06. The average molecular weight is 434 g/mol. The number of esters is 2. The molecule has 160 valence electrons. The first kappa shape index (κ1) is 23.2. The van der Waals surface area contributed by atoms with Crippen molar-refractivity contribution in [2.45, 2.75) is 19.9 Å². The van der Waals surface area contributed by atoms with Crippen molar-refractivity contribution in [1.82, 2.24) is 0 Å². The molecule has 0 amide bonds. The van der Waals surface area contributed by atoms with E-state index in [1.807, 2.05) is 0 Å². The Bertz CT molecular complexity index is 866. The van der Waals surface area contributed by atoms with Crippen molar-refractivity contribution in [3.05, 3.63) is 59.1 Å². The summed E-state index contributed by atoms with van der Waals surface area (Å²) in [4.78, 5) is 38.7. The van der Waals surface area contributed by atoms with Gasteiger partial charge in [-0.25, -0.2) is 4.79 Å². The second-order valence-electron chi connectivity index (χ2n) is 6.20. The first-order valence-corrected chi connectivity index (χ1v) is 9.82. The van der Waals surface area contributed by atoms with Gasteiger partial charge in [-0.15, -0.1) is 0 Å². The molecule has 2 aromatic rings. The molecule has 0 aromatic heterocycles. The zero-order chi connectivity index (χ0) is 22.1. The number of benzene rings is 2. The molecule has 0 heterocycles. The number of methoxy groups -OCH3 is 1. The van der Waals surface area contributed by atoms with Crippen molar-refractivity contribution in [1.29, 1.82) is 0 Å². The highest BCUT2D eigenvalue weighted by Crippen LogP contribution is 2.23. The Balaban J connectivity index is 2.44. The maximum absolute atomic E-state index is 13.2. The number of nitrogens with one attached hydrogen (secondary N) is 1. The molecule has 0 aliphatic heterocycles. The van der Waals surface area contributed by atoms with Gasteiger partial charge < -0.3 is 19.5 Å². The second-order valence-corrected chi connectivity index (χ2v) is 6.64. The molecule has 0 saturated carbocycles. The van der Waals surface area contributed by atoms with Gasteiger partial charge in [0.1, 0.15) is 11.8 Å². The van der Waals surface area contributed by atoms with E-state index in [2.05, 4.69) is 5.32 Å². The summed E-state index contributed by atoms with van der Waals surface area (Å²) in [6.07, 6.45) is 0. The zero-order valence-electron chi connectivity index (χ0n) is 17.0. The highest BCUT2D eigenvalue weighted by Gasteiger charge is 2.42. The largest absolute Gasteiger partial charge is 0.497 e. The van der Waals surface area contributed by atoms with Crippen LogP contribution in [0.3, 0.4) is 0 Å². The van der Waals surface area contributed by atoms with Crippen molar-refractivity contribution < 1.29 is 28.6 Å².